The van der Waals surface area contributed by atoms with E-state index >= 15 is 0 Å². The molecule has 1 aliphatic rings. The van der Waals surface area contributed by atoms with Gasteiger partial charge in [0, 0.05) is 24.9 Å². The van der Waals surface area contributed by atoms with Gasteiger partial charge in [0.1, 0.15) is 0 Å². The smallest absolute Gasteiger partial charge is 0.0734 e. The summed E-state index contributed by atoms with van der Waals surface area (Å²) < 4.78 is 1.98. The monoisotopic (exact) mass is 201 g/mol. The van der Waals surface area contributed by atoms with Crippen LogP contribution < -0.4 is 5.73 Å². The molecule has 0 saturated heterocycles. The van der Waals surface area contributed by atoms with Crippen molar-refractivity contribution in [1.29, 1.82) is 0 Å². The first-order valence-electron chi connectivity index (χ1n) is 5.45. The number of nitrogens with two attached hydrogens (primary N) is 1. The second kappa shape index (κ2) is 3.07. The van der Waals surface area contributed by atoms with E-state index in [1.165, 1.54) is 35.0 Å². The van der Waals surface area contributed by atoms with Crippen LogP contribution in [0.15, 0.2) is 18.2 Å². The first-order valence-corrected chi connectivity index (χ1v) is 5.45. The Labute approximate surface area is 88.9 Å². The Kier molecular flexibility index (Phi) is 1.83. The molecule has 1 heterocycles. The molecule has 2 N–H and O–H groups in total. The lowest BCUT2D eigenvalue weighted by Crippen LogP contribution is -1.95. The van der Waals surface area contributed by atoms with Crippen LogP contribution in [0.5, 0.6) is 0 Å². The molecule has 0 atom stereocenters. The van der Waals surface area contributed by atoms with Crippen LogP contribution in [0.1, 0.15) is 30.0 Å². The van der Waals surface area contributed by atoms with Gasteiger partial charge in [-0.3, -0.25) is 4.68 Å². The second-order valence-electron chi connectivity index (χ2n) is 4.34. The lowest BCUT2D eigenvalue weighted by atomic mass is 10.1. The van der Waals surface area contributed by atoms with Crippen molar-refractivity contribution in [3.63, 3.8) is 0 Å². The highest BCUT2D eigenvalue weighted by Crippen LogP contribution is 2.42. The van der Waals surface area contributed by atoms with Gasteiger partial charge >= 0.3 is 0 Å². The van der Waals surface area contributed by atoms with Crippen LogP contribution in [0, 0.1) is 0 Å². The maximum atomic E-state index is 5.66. The van der Waals surface area contributed by atoms with Crippen LogP contribution in [-0.2, 0) is 13.6 Å². The lowest BCUT2D eigenvalue weighted by molar-refractivity contribution is 0.767. The maximum Gasteiger partial charge on any atom is 0.0734 e. The Morgan fingerprint density at radius 2 is 2.27 bits per heavy atom. The van der Waals surface area contributed by atoms with Crippen molar-refractivity contribution in [2.45, 2.75) is 25.3 Å². The summed E-state index contributed by atoms with van der Waals surface area (Å²) in [5.74, 6) is 0.696. The Bertz CT molecular complexity index is 509. The van der Waals surface area contributed by atoms with E-state index in [4.69, 9.17) is 5.73 Å². The van der Waals surface area contributed by atoms with Crippen LogP contribution in [-0.4, -0.2) is 9.78 Å². The zero-order valence-corrected chi connectivity index (χ0v) is 8.90. The van der Waals surface area contributed by atoms with E-state index in [0.29, 0.717) is 12.5 Å². The zero-order valence-electron chi connectivity index (χ0n) is 8.90. The van der Waals surface area contributed by atoms with Crippen LogP contribution in [0.2, 0.25) is 0 Å². The minimum absolute atomic E-state index is 0.606. The van der Waals surface area contributed by atoms with Gasteiger partial charge in [0.2, 0.25) is 0 Å². The predicted octanol–water partition coefficient (Wildman–Crippen LogP) is 1.91. The van der Waals surface area contributed by atoms with Crippen LogP contribution >= 0.6 is 0 Å². The van der Waals surface area contributed by atoms with Crippen molar-refractivity contribution in [2.75, 3.05) is 0 Å². The molecule has 1 saturated carbocycles. The molecule has 0 unspecified atom stereocenters. The fourth-order valence-corrected chi connectivity index (χ4v) is 2.13. The third-order valence-electron chi connectivity index (χ3n) is 3.14. The summed E-state index contributed by atoms with van der Waals surface area (Å²) in [7, 11) is 2.01. The summed E-state index contributed by atoms with van der Waals surface area (Å²) in [6.45, 7) is 0.606. The molecule has 1 fully saturated rings. The number of fused-ring (bicyclic) bond motifs is 1. The summed E-state index contributed by atoms with van der Waals surface area (Å²) in [6.07, 6.45) is 2.58. The van der Waals surface area contributed by atoms with Gasteiger partial charge in [-0.15, -0.1) is 0 Å². The van der Waals surface area contributed by atoms with Gasteiger partial charge in [0.15, 0.2) is 0 Å². The number of aryl methyl sites for hydroxylation is 1. The minimum Gasteiger partial charge on any atom is -0.326 e. The van der Waals surface area contributed by atoms with Crippen molar-refractivity contribution >= 4 is 10.9 Å². The molecule has 2 aromatic rings. The first kappa shape index (κ1) is 8.92. The minimum atomic E-state index is 0.606. The normalized spacial score (nSPS) is 16.1. The molecule has 0 aliphatic heterocycles. The van der Waals surface area contributed by atoms with Crippen molar-refractivity contribution in [3.05, 3.63) is 29.5 Å². The van der Waals surface area contributed by atoms with Gasteiger partial charge in [-0.1, -0.05) is 6.07 Å². The molecule has 78 valence electrons. The molecule has 1 aromatic carbocycles. The van der Waals surface area contributed by atoms with Gasteiger partial charge in [0.05, 0.1) is 11.2 Å². The molecule has 1 aromatic heterocycles. The van der Waals surface area contributed by atoms with Gasteiger partial charge in [0.25, 0.3) is 0 Å². The second-order valence-corrected chi connectivity index (χ2v) is 4.34. The summed E-state index contributed by atoms with van der Waals surface area (Å²) in [5, 5.41) is 5.90. The zero-order chi connectivity index (χ0) is 10.4. The fraction of sp³-hybridized carbons (Fsp3) is 0.417. The van der Waals surface area contributed by atoms with E-state index in [9.17, 15) is 0 Å². The van der Waals surface area contributed by atoms with E-state index in [-0.39, 0.29) is 0 Å². The molecular formula is C12H15N3. The van der Waals surface area contributed by atoms with E-state index in [1.54, 1.807) is 0 Å². The highest BCUT2D eigenvalue weighted by Gasteiger charge is 2.28. The molecule has 15 heavy (non-hydrogen) atoms. The summed E-state index contributed by atoms with van der Waals surface area (Å²) in [5.41, 5.74) is 9.34. The average molecular weight is 201 g/mol. The summed E-state index contributed by atoms with van der Waals surface area (Å²) >= 11 is 0. The fourth-order valence-electron chi connectivity index (χ4n) is 2.13. The van der Waals surface area contributed by atoms with Crippen LogP contribution in [0.4, 0.5) is 0 Å². The molecule has 1 aliphatic carbocycles. The standard InChI is InChI=1S/C12H15N3/c1-15-11-5-2-8(7-13)6-10(11)12(14-15)9-3-4-9/h2,5-6,9H,3-4,7,13H2,1H3. The largest absolute Gasteiger partial charge is 0.326 e. The first-order chi connectivity index (χ1) is 7.29. The van der Waals surface area contributed by atoms with E-state index in [2.05, 4.69) is 23.3 Å². The summed E-state index contributed by atoms with van der Waals surface area (Å²) in [4.78, 5) is 0. The van der Waals surface area contributed by atoms with Gasteiger partial charge < -0.3 is 5.73 Å². The Morgan fingerprint density at radius 3 is 2.93 bits per heavy atom. The third kappa shape index (κ3) is 1.35. The van der Waals surface area contributed by atoms with Crippen molar-refractivity contribution in [1.82, 2.24) is 9.78 Å². The van der Waals surface area contributed by atoms with E-state index in [0.717, 1.165) is 0 Å². The molecule has 0 radical (unpaired) electrons. The average Bonchev–Trinajstić information content (AvgIpc) is 3.04. The molecule has 0 bridgehead atoms. The summed E-state index contributed by atoms with van der Waals surface area (Å²) in [6, 6.07) is 6.40. The SMILES string of the molecule is Cn1nc(C2CC2)c2cc(CN)ccc21. The topological polar surface area (TPSA) is 43.8 Å². The molecule has 0 amide bonds. The number of hydrogen-bond acceptors (Lipinski definition) is 2. The van der Waals surface area contributed by atoms with Crippen molar-refractivity contribution < 1.29 is 0 Å². The molecule has 3 nitrogen and oxygen atoms in total. The van der Waals surface area contributed by atoms with Crippen LogP contribution in [0.25, 0.3) is 10.9 Å². The number of benzene rings is 1. The quantitative estimate of drug-likeness (QED) is 0.806. The van der Waals surface area contributed by atoms with Crippen molar-refractivity contribution in [3.8, 4) is 0 Å². The van der Waals surface area contributed by atoms with Crippen LogP contribution in [0.3, 0.4) is 0 Å². The lowest BCUT2D eigenvalue weighted by Gasteiger charge is -1.98. The van der Waals surface area contributed by atoms with E-state index in [1.807, 2.05) is 11.7 Å². The number of aromatic nitrogens is 2. The predicted molar refractivity (Wildman–Crippen MR) is 60.6 cm³/mol. The highest BCUT2D eigenvalue weighted by atomic mass is 15.3. The van der Waals surface area contributed by atoms with Gasteiger partial charge in [-0.05, 0) is 30.5 Å². The Balaban J connectivity index is 2.26. The molecule has 0 spiro atoms. The Hall–Kier alpha value is -1.35. The highest BCUT2D eigenvalue weighted by molar-refractivity contribution is 5.83. The molecule has 3 rings (SSSR count). The van der Waals surface area contributed by atoms with E-state index < -0.39 is 0 Å². The van der Waals surface area contributed by atoms with Crippen molar-refractivity contribution in [2.24, 2.45) is 12.8 Å². The maximum absolute atomic E-state index is 5.66. The third-order valence-corrected chi connectivity index (χ3v) is 3.14. The molecular weight excluding hydrogens is 186 g/mol. The number of nitrogens with zero attached hydrogens (tertiary/aromatic N) is 2. The number of rotatable bonds is 2. The Morgan fingerprint density at radius 1 is 1.47 bits per heavy atom. The van der Waals surface area contributed by atoms with Gasteiger partial charge in [-0.25, -0.2) is 0 Å². The molecule has 3 heteroatoms. The van der Waals surface area contributed by atoms with Gasteiger partial charge in [-0.2, -0.15) is 5.10 Å². The number of hydrogen-bond donors (Lipinski definition) is 1.